The Bertz CT molecular complexity index is 775. The monoisotopic (exact) mass is 433 g/mol. The maximum absolute atomic E-state index is 13.5. The highest BCUT2D eigenvalue weighted by molar-refractivity contribution is 6.30. The van der Waals surface area contributed by atoms with Crippen molar-refractivity contribution in [1.82, 2.24) is 15.1 Å². The molecule has 0 saturated carbocycles. The number of carbonyl (C=O) groups excluding carboxylic acids is 2. The van der Waals surface area contributed by atoms with Gasteiger partial charge in [0.05, 0.1) is 12.6 Å². The van der Waals surface area contributed by atoms with Gasteiger partial charge >= 0.3 is 6.03 Å². The molecule has 0 bridgehead atoms. The lowest BCUT2D eigenvalue weighted by Crippen LogP contribution is -2.56. The molecule has 3 fully saturated rings. The van der Waals surface area contributed by atoms with Crippen LogP contribution in [0, 0.1) is 5.92 Å². The van der Waals surface area contributed by atoms with Crippen LogP contribution in [0.25, 0.3) is 0 Å². The van der Waals surface area contributed by atoms with E-state index in [1.54, 1.807) is 0 Å². The SMILES string of the molecule is CCC[C@@]1(C2CCN(Cc3cccc(Cl)c3)CC2)NC(=O)N(C[C@H]2CCCO2)C1=O. The molecular formula is C23H32ClN3O3. The van der Waals surface area contributed by atoms with Crippen LogP contribution in [0.5, 0.6) is 0 Å². The minimum atomic E-state index is -0.757. The van der Waals surface area contributed by atoms with Gasteiger partial charge in [-0.15, -0.1) is 0 Å². The fraction of sp³-hybridized carbons (Fsp3) is 0.652. The number of carbonyl (C=O) groups is 2. The van der Waals surface area contributed by atoms with E-state index < -0.39 is 5.54 Å². The molecule has 0 aromatic heterocycles. The fourth-order valence-corrected chi connectivity index (χ4v) is 5.54. The maximum atomic E-state index is 13.5. The normalized spacial score (nSPS) is 28.3. The molecule has 3 aliphatic rings. The summed E-state index contributed by atoms with van der Waals surface area (Å²) < 4.78 is 5.67. The van der Waals surface area contributed by atoms with E-state index in [0.29, 0.717) is 13.0 Å². The Morgan fingerprint density at radius 1 is 1.23 bits per heavy atom. The molecule has 6 nitrogen and oxygen atoms in total. The van der Waals surface area contributed by atoms with E-state index in [2.05, 4.69) is 23.2 Å². The summed E-state index contributed by atoms with van der Waals surface area (Å²) in [6.45, 7) is 5.87. The molecule has 3 saturated heterocycles. The number of urea groups is 1. The van der Waals surface area contributed by atoms with Gasteiger partial charge in [0, 0.05) is 18.2 Å². The van der Waals surface area contributed by atoms with Gasteiger partial charge in [0.25, 0.3) is 5.91 Å². The summed E-state index contributed by atoms with van der Waals surface area (Å²) in [4.78, 5) is 30.1. The van der Waals surface area contributed by atoms with Crippen LogP contribution in [0.4, 0.5) is 4.79 Å². The summed E-state index contributed by atoms with van der Waals surface area (Å²) in [6.07, 6.45) is 5.26. The second-order valence-electron chi connectivity index (χ2n) is 8.88. The Morgan fingerprint density at radius 2 is 2.03 bits per heavy atom. The van der Waals surface area contributed by atoms with Gasteiger partial charge in [-0.25, -0.2) is 4.79 Å². The van der Waals surface area contributed by atoms with Crippen LogP contribution < -0.4 is 5.32 Å². The molecule has 0 radical (unpaired) electrons. The molecule has 3 heterocycles. The Kier molecular flexibility index (Phi) is 6.66. The first-order valence-electron chi connectivity index (χ1n) is 11.2. The van der Waals surface area contributed by atoms with E-state index in [-0.39, 0.29) is 24.0 Å². The van der Waals surface area contributed by atoms with Gasteiger partial charge in [-0.2, -0.15) is 0 Å². The molecule has 1 aromatic carbocycles. The number of hydrogen-bond donors (Lipinski definition) is 1. The number of hydrogen-bond acceptors (Lipinski definition) is 4. The van der Waals surface area contributed by atoms with Crippen molar-refractivity contribution in [2.75, 3.05) is 26.2 Å². The van der Waals surface area contributed by atoms with Crippen LogP contribution >= 0.6 is 11.6 Å². The van der Waals surface area contributed by atoms with E-state index in [1.807, 2.05) is 18.2 Å². The lowest BCUT2D eigenvalue weighted by molar-refractivity contribution is -0.135. The molecule has 1 aromatic rings. The zero-order chi connectivity index (χ0) is 21.1. The molecular weight excluding hydrogens is 402 g/mol. The number of halogens is 1. The van der Waals surface area contributed by atoms with Gasteiger partial charge in [0.2, 0.25) is 0 Å². The number of nitrogens with one attached hydrogen (secondary N) is 1. The predicted molar refractivity (Wildman–Crippen MR) is 116 cm³/mol. The van der Waals surface area contributed by atoms with Crippen molar-refractivity contribution in [3.8, 4) is 0 Å². The molecule has 30 heavy (non-hydrogen) atoms. The van der Waals surface area contributed by atoms with Crippen LogP contribution in [-0.2, 0) is 16.1 Å². The average Bonchev–Trinajstić information content (AvgIpc) is 3.32. The smallest absolute Gasteiger partial charge is 0.325 e. The highest BCUT2D eigenvalue weighted by atomic mass is 35.5. The van der Waals surface area contributed by atoms with Crippen molar-refractivity contribution in [1.29, 1.82) is 0 Å². The molecule has 0 unspecified atom stereocenters. The minimum Gasteiger partial charge on any atom is -0.376 e. The van der Waals surface area contributed by atoms with Crippen LogP contribution in [0.15, 0.2) is 24.3 Å². The van der Waals surface area contributed by atoms with Gasteiger partial charge in [-0.3, -0.25) is 14.6 Å². The second-order valence-corrected chi connectivity index (χ2v) is 9.32. The van der Waals surface area contributed by atoms with E-state index >= 15 is 0 Å². The Labute approximate surface area is 183 Å². The summed E-state index contributed by atoms with van der Waals surface area (Å²) in [5.41, 5.74) is 0.448. The first-order chi connectivity index (χ1) is 14.5. The highest BCUT2D eigenvalue weighted by Crippen LogP contribution is 2.37. The molecule has 3 aliphatic heterocycles. The molecule has 3 amide bonds. The zero-order valence-electron chi connectivity index (χ0n) is 17.7. The first-order valence-corrected chi connectivity index (χ1v) is 11.6. The van der Waals surface area contributed by atoms with Crippen molar-refractivity contribution >= 4 is 23.5 Å². The molecule has 7 heteroatoms. The van der Waals surface area contributed by atoms with Crippen molar-refractivity contribution in [3.63, 3.8) is 0 Å². The van der Waals surface area contributed by atoms with E-state index in [4.69, 9.17) is 16.3 Å². The molecule has 4 rings (SSSR count). The van der Waals surface area contributed by atoms with Crippen LogP contribution in [0.3, 0.4) is 0 Å². The number of imide groups is 1. The van der Waals surface area contributed by atoms with Crippen LogP contribution in [0.2, 0.25) is 5.02 Å². The summed E-state index contributed by atoms with van der Waals surface area (Å²) in [6, 6.07) is 7.74. The quantitative estimate of drug-likeness (QED) is 0.664. The number of nitrogens with zero attached hydrogens (tertiary/aromatic N) is 2. The standard InChI is InChI=1S/C23H32ClN3O3/c1-2-10-23(21(28)27(22(29)25-23)16-20-7-4-13-30-20)18-8-11-26(12-9-18)15-17-5-3-6-19(24)14-17/h3,5-6,14,18,20H,2,4,7-13,15-16H2,1H3,(H,25,29)/t20-,23+/m1/s1. The summed E-state index contributed by atoms with van der Waals surface area (Å²) in [5, 5.41) is 3.89. The number of ether oxygens (including phenoxy) is 1. The van der Waals surface area contributed by atoms with Crippen molar-refractivity contribution in [2.45, 2.75) is 63.6 Å². The molecule has 2 atom stereocenters. The third kappa shape index (κ3) is 4.36. The molecule has 0 spiro atoms. The van der Waals surface area contributed by atoms with Gasteiger partial charge in [-0.05, 0) is 68.8 Å². The number of rotatable bonds is 7. The first kappa shape index (κ1) is 21.6. The van der Waals surface area contributed by atoms with Gasteiger partial charge in [0.15, 0.2) is 0 Å². The number of piperidine rings is 1. The van der Waals surface area contributed by atoms with Gasteiger partial charge in [-0.1, -0.05) is 37.1 Å². The van der Waals surface area contributed by atoms with E-state index in [1.165, 1.54) is 10.5 Å². The zero-order valence-corrected chi connectivity index (χ0v) is 18.5. The van der Waals surface area contributed by atoms with E-state index in [0.717, 1.165) is 63.4 Å². The molecule has 164 valence electrons. The lowest BCUT2D eigenvalue weighted by Gasteiger charge is -2.41. The topological polar surface area (TPSA) is 61.9 Å². The van der Waals surface area contributed by atoms with Crippen LogP contribution in [-0.4, -0.2) is 59.6 Å². The Hall–Kier alpha value is -1.63. The second kappa shape index (κ2) is 9.25. The minimum absolute atomic E-state index is 0.0170. The molecule has 0 aliphatic carbocycles. The Morgan fingerprint density at radius 3 is 2.70 bits per heavy atom. The fourth-order valence-electron chi connectivity index (χ4n) is 5.32. The third-order valence-corrected chi connectivity index (χ3v) is 7.07. The highest BCUT2D eigenvalue weighted by Gasteiger charge is 2.55. The van der Waals surface area contributed by atoms with Crippen molar-refractivity contribution < 1.29 is 14.3 Å². The Balaban J connectivity index is 1.41. The average molecular weight is 434 g/mol. The van der Waals surface area contributed by atoms with E-state index in [9.17, 15) is 9.59 Å². The summed E-state index contributed by atoms with van der Waals surface area (Å²) in [5.74, 6) is 0.122. The maximum Gasteiger partial charge on any atom is 0.325 e. The third-order valence-electron chi connectivity index (χ3n) is 6.84. The lowest BCUT2D eigenvalue weighted by atomic mass is 9.74. The summed E-state index contributed by atoms with van der Waals surface area (Å²) >= 11 is 6.12. The number of amides is 3. The van der Waals surface area contributed by atoms with Gasteiger partial charge < -0.3 is 10.1 Å². The molecule has 1 N–H and O–H groups in total. The van der Waals surface area contributed by atoms with Crippen LogP contribution in [0.1, 0.15) is 51.0 Å². The number of likely N-dealkylation sites (tertiary alicyclic amines) is 1. The van der Waals surface area contributed by atoms with Crippen molar-refractivity contribution in [2.24, 2.45) is 5.92 Å². The number of benzene rings is 1. The predicted octanol–water partition coefficient (Wildman–Crippen LogP) is 3.82. The van der Waals surface area contributed by atoms with Gasteiger partial charge in [0.1, 0.15) is 5.54 Å². The largest absolute Gasteiger partial charge is 0.376 e. The summed E-state index contributed by atoms with van der Waals surface area (Å²) in [7, 11) is 0. The van der Waals surface area contributed by atoms with Crippen molar-refractivity contribution in [3.05, 3.63) is 34.9 Å².